The lowest BCUT2D eigenvalue weighted by molar-refractivity contribution is 0.410. The topological polar surface area (TPSA) is 42.2 Å². The zero-order chi connectivity index (χ0) is 12.8. The van der Waals surface area contributed by atoms with E-state index >= 15 is 0 Å². The quantitative estimate of drug-likeness (QED) is 0.870. The Hall–Kier alpha value is -1.09. The second kappa shape index (κ2) is 6.74. The molecule has 0 atom stereocenters. The van der Waals surface area contributed by atoms with E-state index in [2.05, 4.69) is 22.9 Å². The van der Waals surface area contributed by atoms with Gasteiger partial charge in [-0.15, -0.1) is 0 Å². The van der Waals surface area contributed by atoms with Crippen LogP contribution in [0.3, 0.4) is 0 Å². The average molecular weight is 247 g/mol. The Morgan fingerprint density at radius 3 is 2.78 bits per heavy atom. The molecule has 2 rings (SSSR count). The van der Waals surface area contributed by atoms with Gasteiger partial charge in [-0.05, 0) is 44.4 Å². The molecule has 1 aromatic heterocycles. The molecule has 0 bridgehead atoms. The van der Waals surface area contributed by atoms with Crippen molar-refractivity contribution >= 4 is 5.82 Å². The van der Waals surface area contributed by atoms with E-state index in [-0.39, 0.29) is 0 Å². The van der Waals surface area contributed by atoms with Gasteiger partial charge < -0.3 is 10.6 Å². The van der Waals surface area contributed by atoms with Crippen molar-refractivity contribution in [2.45, 2.75) is 51.5 Å². The van der Waals surface area contributed by atoms with Gasteiger partial charge in [0.05, 0.1) is 0 Å². The summed E-state index contributed by atoms with van der Waals surface area (Å²) in [5, 5.41) is 0. The lowest BCUT2D eigenvalue weighted by atomic mass is 9.93. The number of pyridine rings is 1. The molecule has 0 unspecified atom stereocenters. The molecule has 18 heavy (non-hydrogen) atoms. The van der Waals surface area contributed by atoms with Crippen molar-refractivity contribution in [1.29, 1.82) is 0 Å². The molecular weight excluding hydrogens is 222 g/mol. The number of aromatic nitrogens is 1. The molecule has 100 valence electrons. The van der Waals surface area contributed by atoms with E-state index in [0.29, 0.717) is 6.04 Å². The molecule has 0 spiro atoms. The fourth-order valence-corrected chi connectivity index (χ4v) is 2.89. The maximum Gasteiger partial charge on any atom is 0.131 e. The minimum atomic E-state index is 0.666. The van der Waals surface area contributed by atoms with Crippen LogP contribution in [0.4, 0.5) is 5.82 Å². The lowest BCUT2D eigenvalue weighted by Gasteiger charge is -2.36. The van der Waals surface area contributed by atoms with Crippen molar-refractivity contribution in [2.24, 2.45) is 5.73 Å². The highest BCUT2D eigenvalue weighted by Crippen LogP contribution is 2.27. The Morgan fingerprint density at radius 2 is 2.11 bits per heavy atom. The van der Waals surface area contributed by atoms with E-state index in [9.17, 15) is 0 Å². The number of nitrogens with two attached hydrogens (primary N) is 1. The van der Waals surface area contributed by atoms with Gasteiger partial charge >= 0.3 is 0 Å². The third-order valence-corrected chi connectivity index (χ3v) is 3.87. The second-order valence-electron chi connectivity index (χ2n) is 5.27. The first-order valence-electron chi connectivity index (χ1n) is 7.21. The van der Waals surface area contributed by atoms with Crippen LogP contribution in [-0.4, -0.2) is 24.1 Å². The fraction of sp³-hybridized carbons (Fsp3) is 0.667. The second-order valence-corrected chi connectivity index (χ2v) is 5.27. The van der Waals surface area contributed by atoms with E-state index in [1.807, 2.05) is 12.3 Å². The summed E-state index contributed by atoms with van der Waals surface area (Å²) in [5.41, 5.74) is 6.95. The number of aryl methyl sites for hydroxylation is 1. The molecule has 1 fully saturated rings. The number of nitrogens with zero attached hydrogens (tertiary/aromatic N) is 2. The van der Waals surface area contributed by atoms with Gasteiger partial charge in [-0.3, -0.25) is 0 Å². The Labute approximate surface area is 110 Å². The maximum absolute atomic E-state index is 5.68. The number of rotatable bonds is 5. The predicted molar refractivity (Wildman–Crippen MR) is 76.9 cm³/mol. The van der Waals surface area contributed by atoms with E-state index in [4.69, 9.17) is 5.73 Å². The highest BCUT2D eigenvalue weighted by atomic mass is 15.2. The van der Waals surface area contributed by atoms with Gasteiger partial charge in [0.15, 0.2) is 0 Å². The van der Waals surface area contributed by atoms with Crippen LogP contribution in [0.1, 0.15) is 44.1 Å². The van der Waals surface area contributed by atoms with Crippen molar-refractivity contribution in [2.75, 3.05) is 18.0 Å². The normalized spacial score (nSPS) is 16.8. The molecule has 3 nitrogen and oxygen atoms in total. The van der Waals surface area contributed by atoms with Gasteiger partial charge in [-0.1, -0.05) is 25.3 Å². The van der Waals surface area contributed by atoms with E-state index in [1.54, 1.807) is 0 Å². The standard InChI is InChI=1S/C15H25N3/c1-13-7-5-11-17-15(13)18(12-6-10-16)14-8-3-2-4-9-14/h5,7,11,14H,2-4,6,8-10,12,16H2,1H3. The van der Waals surface area contributed by atoms with E-state index < -0.39 is 0 Å². The van der Waals surface area contributed by atoms with Crippen LogP contribution < -0.4 is 10.6 Å². The summed E-state index contributed by atoms with van der Waals surface area (Å²) in [6.45, 7) is 3.95. The van der Waals surface area contributed by atoms with Crippen LogP contribution in [0, 0.1) is 6.92 Å². The number of hydrogen-bond donors (Lipinski definition) is 1. The molecule has 0 saturated heterocycles. The smallest absolute Gasteiger partial charge is 0.131 e. The molecule has 0 amide bonds. The summed E-state index contributed by atoms with van der Waals surface area (Å²) >= 11 is 0. The monoisotopic (exact) mass is 247 g/mol. The van der Waals surface area contributed by atoms with Crippen LogP contribution in [0.25, 0.3) is 0 Å². The van der Waals surface area contributed by atoms with E-state index in [0.717, 1.165) is 25.3 Å². The van der Waals surface area contributed by atoms with Gasteiger partial charge in [-0.25, -0.2) is 4.98 Å². The van der Waals surface area contributed by atoms with Gasteiger partial charge in [-0.2, -0.15) is 0 Å². The number of hydrogen-bond acceptors (Lipinski definition) is 3. The predicted octanol–water partition coefficient (Wildman–Crippen LogP) is 2.88. The minimum absolute atomic E-state index is 0.666. The van der Waals surface area contributed by atoms with Crippen molar-refractivity contribution < 1.29 is 0 Å². The van der Waals surface area contributed by atoms with Crippen molar-refractivity contribution in [3.63, 3.8) is 0 Å². The first-order chi connectivity index (χ1) is 8.83. The summed E-state index contributed by atoms with van der Waals surface area (Å²) in [6.07, 6.45) is 9.67. The van der Waals surface area contributed by atoms with Gasteiger partial charge in [0.1, 0.15) is 5.82 Å². The molecule has 1 aromatic rings. The first-order valence-corrected chi connectivity index (χ1v) is 7.21. The molecule has 0 radical (unpaired) electrons. The van der Waals surface area contributed by atoms with Crippen LogP contribution in [0.5, 0.6) is 0 Å². The Balaban J connectivity index is 2.15. The third kappa shape index (κ3) is 3.22. The van der Waals surface area contributed by atoms with Crippen molar-refractivity contribution in [1.82, 2.24) is 4.98 Å². The molecule has 1 aliphatic rings. The van der Waals surface area contributed by atoms with Crippen molar-refractivity contribution in [3.05, 3.63) is 23.9 Å². The molecule has 0 aromatic carbocycles. The zero-order valence-corrected chi connectivity index (χ0v) is 11.4. The highest BCUT2D eigenvalue weighted by molar-refractivity contribution is 5.46. The van der Waals surface area contributed by atoms with Crippen LogP contribution in [0.15, 0.2) is 18.3 Å². The molecular formula is C15H25N3. The SMILES string of the molecule is Cc1cccnc1N(CCCN)C1CCCCC1. The average Bonchev–Trinajstić information content (AvgIpc) is 2.42. The largest absolute Gasteiger partial charge is 0.353 e. The van der Waals surface area contributed by atoms with Gasteiger partial charge in [0, 0.05) is 18.8 Å². The first kappa shape index (κ1) is 13.3. The Kier molecular flexibility index (Phi) is 5.00. The Bertz CT molecular complexity index is 359. The van der Waals surface area contributed by atoms with Crippen LogP contribution in [0.2, 0.25) is 0 Å². The third-order valence-electron chi connectivity index (χ3n) is 3.87. The highest BCUT2D eigenvalue weighted by Gasteiger charge is 2.22. The molecule has 3 heteroatoms. The Morgan fingerprint density at radius 1 is 1.33 bits per heavy atom. The van der Waals surface area contributed by atoms with Gasteiger partial charge in [0.2, 0.25) is 0 Å². The summed E-state index contributed by atoms with van der Waals surface area (Å²) in [7, 11) is 0. The molecule has 0 aliphatic heterocycles. The molecule has 1 aliphatic carbocycles. The molecule has 1 heterocycles. The summed E-state index contributed by atoms with van der Waals surface area (Å²) in [5.74, 6) is 1.16. The fourth-order valence-electron chi connectivity index (χ4n) is 2.89. The maximum atomic E-state index is 5.68. The minimum Gasteiger partial charge on any atom is -0.353 e. The molecule has 2 N–H and O–H groups in total. The molecule has 1 saturated carbocycles. The lowest BCUT2D eigenvalue weighted by Crippen LogP contribution is -2.39. The van der Waals surface area contributed by atoms with Crippen LogP contribution in [-0.2, 0) is 0 Å². The van der Waals surface area contributed by atoms with E-state index in [1.165, 1.54) is 37.7 Å². The summed E-state index contributed by atoms with van der Waals surface area (Å²) in [6, 6.07) is 4.83. The zero-order valence-electron chi connectivity index (χ0n) is 11.4. The van der Waals surface area contributed by atoms with Crippen molar-refractivity contribution in [3.8, 4) is 0 Å². The summed E-state index contributed by atoms with van der Waals surface area (Å²) < 4.78 is 0. The summed E-state index contributed by atoms with van der Waals surface area (Å²) in [4.78, 5) is 7.09. The van der Waals surface area contributed by atoms with Gasteiger partial charge in [0.25, 0.3) is 0 Å². The van der Waals surface area contributed by atoms with Crippen LogP contribution >= 0.6 is 0 Å². The number of anilines is 1.